The Bertz CT molecular complexity index is 1460. The summed E-state index contributed by atoms with van der Waals surface area (Å²) in [7, 11) is 0. The van der Waals surface area contributed by atoms with Crippen molar-refractivity contribution in [3.8, 4) is 5.69 Å². The van der Waals surface area contributed by atoms with Crippen LogP contribution >= 0.6 is 12.2 Å². The third kappa shape index (κ3) is 4.51. The Balaban J connectivity index is 1.65. The second kappa shape index (κ2) is 9.82. The second-order valence-corrected chi connectivity index (χ2v) is 10.1. The average Bonchev–Trinajstić information content (AvgIpc) is 3.39. The molecule has 37 heavy (non-hydrogen) atoms. The maximum atomic E-state index is 11.6. The number of aromatic nitrogens is 2. The summed E-state index contributed by atoms with van der Waals surface area (Å²) in [6.45, 7) is 8.49. The van der Waals surface area contributed by atoms with Crippen molar-refractivity contribution in [1.82, 2.24) is 14.9 Å². The third-order valence-corrected chi connectivity index (χ3v) is 7.39. The van der Waals surface area contributed by atoms with Crippen molar-refractivity contribution in [1.29, 1.82) is 0 Å². The van der Waals surface area contributed by atoms with Crippen LogP contribution in [0.25, 0.3) is 5.69 Å². The Labute approximate surface area is 222 Å². The number of anilines is 1. The van der Waals surface area contributed by atoms with Gasteiger partial charge in [-0.15, -0.1) is 0 Å². The van der Waals surface area contributed by atoms with E-state index in [-0.39, 0.29) is 17.6 Å². The molecule has 1 saturated heterocycles. The number of carboxylic acids is 1. The highest BCUT2D eigenvalue weighted by Gasteiger charge is 2.42. The number of nitrogens with zero attached hydrogens (tertiary/aromatic N) is 3. The normalized spacial score (nSPS) is 17.3. The Morgan fingerprint density at radius 2 is 1.76 bits per heavy atom. The van der Waals surface area contributed by atoms with Crippen molar-refractivity contribution in [2.24, 2.45) is 0 Å². The molecule has 3 heterocycles. The van der Waals surface area contributed by atoms with Gasteiger partial charge in [-0.3, -0.25) is 4.98 Å². The van der Waals surface area contributed by atoms with Crippen LogP contribution in [-0.2, 0) is 0 Å². The van der Waals surface area contributed by atoms with Gasteiger partial charge >= 0.3 is 5.97 Å². The van der Waals surface area contributed by atoms with Crippen LogP contribution in [-0.4, -0.2) is 25.7 Å². The van der Waals surface area contributed by atoms with E-state index in [1.807, 2.05) is 31.2 Å². The molecule has 2 unspecified atom stereocenters. The summed E-state index contributed by atoms with van der Waals surface area (Å²) in [6.07, 6.45) is 1.80. The van der Waals surface area contributed by atoms with Crippen LogP contribution in [0.4, 0.5) is 5.69 Å². The van der Waals surface area contributed by atoms with Gasteiger partial charge in [0.2, 0.25) is 0 Å². The van der Waals surface area contributed by atoms with Crippen LogP contribution in [0.2, 0.25) is 0 Å². The zero-order valence-electron chi connectivity index (χ0n) is 21.3. The molecule has 1 aliphatic heterocycles. The summed E-state index contributed by atoms with van der Waals surface area (Å²) in [6, 6.07) is 23.4. The number of nitrogens with one attached hydrogen (secondary N) is 1. The van der Waals surface area contributed by atoms with Crippen molar-refractivity contribution in [3.05, 3.63) is 113 Å². The smallest absolute Gasteiger partial charge is 0.335 e. The fourth-order valence-corrected chi connectivity index (χ4v) is 5.58. The number of carboxylic acid groups (broad SMARTS) is 1. The van der Waals surface area contributed by atoms with Crippen LogP contribution < -0.4 is 10.2 Å². The van der Waals surface area contributed by atoms with E-state index >= 15 is 0 Å². The molecule has 5 rings (SSSR count). The van der Waals surface area contributed by atoms with E-state index in [0.29, 0.717) is 11.0 Å². The predicted molar refractivity (Wildman–Crippen MR) is 151 cm³/mol. The molecule has 188 valence electrons. The molecule has 2 aromatic heterocycles. The standard InChI is InChI=1S/C30H30N4O2S/c1-18(2)21-11-13-23(14-12-21)34-28(27(32-30(34)37)26-10-5-6-15-31-26)25-16-19(3)33(20(25)4)24-9-7-8-22(17-24)29(35)36/h5-18,27-28H,1-4H3,(H,32,37)(H,35,36). The quantitative estimate of drug-likeness (QED) is 0.289. The number of rotatable bonds is 6. The topological polar surface area (TPSA) is 70.4 Å². The number of aryl methyl sites for hydroxylation is 1. The van der Waals surface area contributed by atoms with E-state index in [0.717, 1.165) is 34.0 Å². The van der Waals surface area contributed by atoms with Gasteiger partial charge in [0.05, 0.1) is 23.3 Å². The molecule has 6 nitrogen and oxygen atoms in total. The molecule has 2 atom stereocenters. The lowest BCUT2D eigenvalue weighted by atomic mass is 9.96. The van der Waals surface area contributed by atoms with Gasteiger partial charge in [0.25, 0.3) is 0 Å². The summed E-state index contributed by atoms with van der Waals surface area (Å²) in [5, 5.41) is 13.7. The molecule has 4 aromatic rings. The number of aromatic carboxylic acids is 1. The molecule has 7 heteroatoms. The van der Waals surface area contributed by atoms with Crippen molar-refractivity contribution in [3.63, 3.8) is 0 Å². The van der Waals surface area contributed by atoms with Crippen molar-refractivity contribution in [2.75, 3.05) is 4.90 Å². The maximum absolute atomic E-state index is 11.6. The zero-order valence-corrected chi connectivity index (χ0v) is 22.2. The van der Waals surface area contributed by atoms with Crippen LogP contribution in [0.3, 0.4) is 0 Å². The minimum absolute atomic E-state index is 0.144. The fourth-order valence-electron chi connectivity index (χ4n) is 5.23. The first-order valence-electron chi connectivity index (χ1n) is 12.4. The molecule has 2 aromatic carbocycles. The summed E-state index contributed by atoms with van der Waals surface area (Å²) in [5.41, 5.74) is 7.43. The number of pyridine rings is 1. The molecule has 0 radical (unpaired) electrons. The Hall–Kier alpha value is -3.97. The Morgan fingerprint density at radius 3 is 2.41 bits per heavy atom. The highest BCUT2D eigenvalue weighted by molar-refractivity contribution is 7.80. The van der Waals surface area contributed by atoms with Crippen LogP contribution in [0.1, 0.15) is 70.4 Å². The van der Waals surface area contributed by atoms with Gasteiger partial charge in [-0.1, -0.05) is 38.1 Å². The SMILES string of the molecule is Cc1cc(C2C(c3ccccn3)NC(=S)N2c2ccc(C(C)C)cc2)c(C)n1-c1cccc(C(=O)O)c1. The van der Waals surface area contributed by atoms with Gasteiger partial charge in [0.1, 0.15) is 0 Å². The maximum Gasteiger partial charge on any atom is 0.335 e. The summed E-state index contributed by atoms with van der Waals surface area (Å²) < 4.78 is 2.11. The molecule has 0 amide bonds. The van der Waals surface area contributed by atoms with Crippen molar-refractivity contribution < 1.29 is 9.90 Å². The molecular formula is C30H30N4O2S. The monoisotopic (exact) mass is 510 g/mol. The van der Waals surface area contributed by atoms with Crippen LogP contribution in [0.15, 0.2) is 79.0 Å². The van der Waals surface area contributed by atoms with Gasteiger partial charge < -0.3 is 19.9 Å². The molecule has 1 aliphatic rings. The van der Waals surface area contributed by atoms with E-state index in [1.54, 1.807) is 24.4 Å². The van der Waals surface area contributed by atoms with Crippen LogP contribution in [0.5, 0.6) is 0 Å². The first kappa shape index (κ1) is 24.7. The van der Waals surface area contributed by atoms with Crippen LogP contribution in [0, 0.1) is 13.8 Å². The zero-order chi connectivity index (χ0) is 26.3. The number of thiocarbonyl (C=S) groups is 1. The fraction of sp³-hybridized carbons (Fsp3) is 0.233. The van der Waals surface area contributed by atoms with Gasteiger partial charge in [0.15, 0.2) is 5.11 Å². The summed E-state index contributed by atoms with van der Waals surface area (Å²) >= 11 is 5.90. The summed E-state index contributed by atoms with van der Waals surface area (Å²) in [5.74, 6) is -0.503. The van der Waals surface area contributed by atoms with Gasteiger partial charge in [-0.25, -0.2) is 4.79 Å². The molecule has 0 spiro atoms. The van der Waals surface area contributed by atoms with Crippen molar-refractivity contribution >= 4 is 29.0 Å². The number of benzene rings is 2. The predicted octanol–water partition coefficient (Wildman–Crippen LogP) is 6.49. The lowest BCUT2D eigenvalue weighted by molar-refractivity contribution is 0.0697. The van der Waals surface area contributed by atoms with E-state index in [2.05, 4.69) is 70.9 Å². The number of hydrogen-bond donors (Lipinski definition) is 2. The minimum atomic E-state index is -0.943. The number of hydrogen-bond acceptors (Lipinski definition) is 3. The van der Waals surface area contributed by atoms with E-state index in [4.69, 9.17) is 12.2 Å². The lowest BCUT2D eigenvalue weighted by Crippen LogP contribution is -2.29. The van der Waals surface area contributed by atoms with E-state index < -0.39 is 5.97 Å². The van der Waals surface area contributed by atoms with E-state index in [1.165, 1.54) is 5.56 Å². The Morgan fingerprint density at radius 1 is 1.00 bits per heavy atom. The van der Waals surface area contributed by atoms with Crippen molar-refractivity contribution in [2.45, 2.75) is 45.7 Å². The highest BCUT2D eigenvalue weighted by Crippen LogP contribution is 2.44. The van der Waals surface area contributed by atoms with Gasteiger partial charge in [-0.05, 0) is 91.6 Å². The van der Waals surface area contributed by atoms with E-state index in [9.17, 15) is 9.90 Å². The summed E-state index contributed by atoms with van der Waals surface area (Å²) in [4.78, 5) is 18.5. The molecule has 0 aliphatic carbocycles. The average molecular weight is 511 g/mol. The number of carbonyl (C=O) groups is 1. The largest absolute Gasteiger partial charge is 0.478 e. The molecule has 2 N–H and O–H groups in total. The third-order valence-electron chi connectivity index (χ3n) is 7.08. The first-order valence-corrected chi connectivity index (χ1v) is 12.8. The highest BCUT2D eigenvalue weighted by atomic mass is 32.1. The molecule has 0 bridgehead atoms. The second-order valence-electron chi connectivity index (χ2n) is 9.76. The Kier molecular flexibility index (Phi) is 6.56. The molecule has 1 fully saturated rings. The minimum Gasteiger partial charge on any atom is -0.478 e. The van der Waals surface area contributed by atoms with Gasteiger partial charge in [0, 0.05) is 29.0 Å². The van der Waals surface area contributed by atoms with Gasteiger partial charge in [-0.2, -0.15) is 0 Å². The first-order chi connectivity index (χ1) is 17.8. The lowest BCUT2D eigenvalue weighted by Gasteiger charge is -2.28. The molecule has 0 saturated carbocycles. The molecular weight excluding hydrogens is 480 g/mol.